The second-order valence-electron chi connectivity index (χ2n) is 3.32. The highest BCUT2D eigenvalue weighted by Gasteiger charge is 2.19. The normalized spacial score (nSPS) is 14.4. The van der Waals surface area contributed by atoms with Gasteiger partial charge in [0.05, 0.1) is 7.11 Å². The lowest BCUT2D eigenvalue weighted by Crippen LogP contribution is -2.29. The molecule has 1 aromatic heterocycles. The van der Waals surface area contributed by atoms with Crippen LogP contribution in [0.1, 0.15) is 12.0 Å². The number of rotatable bonds is 1. The Bertz CT molecular complexity index is 411. The summed E-state index contributed by atoms with van der Waals surface area (Å²) in [5.41, 5.74) is 1.51. The van der Waals surface area contributed by atoms with Gasteiger partial charge in [0.25, 0.3) is 11.4 Å². The summed E-state index contributed by atoms with van der Waals surface area (Å²) in [6, 6.07) is 0. The smallest absolute Gasteiger partial charge is 0.272 e. The topological polar surface area (TPSA) is 56.2 Å². The molecule has 2 heterocycles. The number of aromatic nitrogens is 2. The van der Waals surface area contributed by atoms with Gasteiger partial charge >= 0.3 is 0 Å². The highest BCUT2D eigenvalue weighted by molar-refractivity contribution is 5.59. The molecule has 0 spiro atoms. The van der Waals surface area contributed by atoms with Crippen LogP contribution in [0.15, 0.2) is 4.79 Å². The number of nitrogens with one attached hydrogen (secondary N) is 1. The Morgan fingerprint density at radius 1 is 1.57 bits per heavy atom. The first-order chi connectivity index (χ1) is 6.74. The van der Waals surface area contributed by atoms with E-state index in [0.29, 0.717) is 5.88 Å². The first kappa shape index (κ1) is 9.05. The molecule has 5 heteroatoms. The molecule has 1 aliphatic heterocycles. The van der Waals surface area contributed by atoms with Gasteiger partial charge < -0.3 is 10.1 Å². The first-order valence-electron chi connectivity index (χ1n) is 4.62. The molecule has 2 rings (SSSR count). The Kier molecular flexibility index (Phi) is 2.15. The van der Waals surface area contributed by atoms with Crippen molar-refractivity contribution in [1.29, 1.82) is 0 Å². The molecule has 0 aromatic carbocycles. The quantitative estimate of drug-likeness (QED) is 0.693. The number of nitrogens with zero attached hydrogens (tertiary/aromatic N) is 2. The summed E-state index contributed by atoms with van der Waals surface area (Å²) in [7, 11) is 3.20. The van der Waals surface area contributed by atoms with Gasteiger partial charge in [-0.3, -0.25) is 4.79 Å². The van der Waals surface area contributed by atoms with Crippen molar-refractivity contribution in [3.05, 3.63) is 15.9 Å². The van der Waals surface area contributed by atoms with Gasteiger partial charge in [0.1, 0.15) is 5.69 Å². The summed E-state index contributed by atoms with van der Waals surface area (Å²) in [5.74, 6) is 0.502. The molecular weight excluding hydrogens is 182 g/mol. The molecule has 14 heavy (non-hydrogen) atoms. The van der Waals surface area contributed by atoms with Crippen LogP contribution in [0.4, 0.5) is 5.69 Å². The average Bonchev–Trinajstić information content (AvgIpc) is 2.23. The molecule has 0 atom stereocenters. The summed E-state index contributed by atoms with van der Waals surface area (Å²) in [6.45, 7) is 0.873. The molecule has 0 unspecified atom stereocenters. The molecule has 0 saturated carbocycles. The minimum atomic E-state index is -0.0343. The maximum Gasteiger partial charge on any atom is 0.272 e. The predicted molar refractivity (Wildman–Crippen MR) is 52.8 cm³/mol. The van der Waals surface area contributed by atoms with Gasteiger partial charge in [0.15, 0.2) is 0 Å². The van der Waals surface area contributed by atoms with E-state index in [1.165, 1.54) is 4.68 Å². The van der Waals surface area contributed by atoms with Gasteiger partial charge in [0, 0.05) is 19.2 Å². The SMILES string of the molecule is COc1nn(C)c(=O)c2c1NCCC2. The molecule has 0 radical (unpaired) electrons. The van der Waals surface area contributed by atoms with Gasteiger partial charge in [0.2, 0.25) is 0 Å². The van der Waals surface area contributed by atoms with Crippen molar-refractivity contribution < 1.29 is 4.74 Å². The number of hydrogen-bond donors (Lipinski definition) is 1. The van der Waals surface area contributed by atoms with Crippen LogP contribution < -0.4 is 15.6 Å². The monoisotopic (exact) mass is 195 g/mol. The van der Waals surface area contributed by atoms with Gasteiger partial charge in [-0.25, -0.2) is 4.68 Å². The molecule has 0 bridgehead atoms. The lowest BCUT2D eigenvalue weighted by Gasteiger charge is -2.19. The Morgan fingerprint density at radius 2 is 2.36 bits per heavy atom. The predicted octanol–water partition coefficient (Wildman–Crippen LogP) is 0.147. The van der Waals surface area contributed by atoms with Gasteiger partial charge in [-0.2, -0.15) is 0 Å². The molecule has 5 nitrogen and oxygen atoms in total. The van der Waals surface area contributed by atoms with Crippen LogP contribution in [0.2, 0.25) is 0 Å². The molecule has 1 aliphatic rings. The Hall–Kier alpha value is -1.52. The Balaban J connectivity index is 2.66. The van der Waals surface area contributed by atoms with Crippen LogP contribution in [0, 0.1) is 0 Å². The third-order valence-electron chi connectivity index (χ3n) is 2.41. The second-order valence-corrected chi connectivity index (χ2v) is 3.32. The lowest BCUT2D eigenvalue weighted by molar-refractivity contribution is 0.382. The zero-order valence-corrected chi connectivity index (χ0v) is 8.33. The number of ether oxygens (including phenoxy) is 1. The maximum atomic E-state index is 11.7. The zero-order chi connectivity index (χ0) is 10.1. The van der Waals surface area contributed by atoms with Gasteiger partial charge in [-0.1, -0.05) is 0 Å². The van der Waals surface area contributed by atoms with Crippen LogP contribution in [-0.2, 0) is 13.5 Å². The number of fused-ring (bicyclic) bond motifs is 1. The molecule has 0 amide bonds. The van der Waals surface area contributed by atoms with Crippen molar-refractivity contribution >= 4 is 5.69 Å². The minimum absolute atomic E-state index is 0.0343. The molecule has 1 N–H and O–H groups in total. The molecule has 0 fully saturated rings. The highest BCUT2D eigenvalue weighted by atomic mass is 16.5. The van der Waals surface area contributed by atoms with Crippen LogP contribution in [-0.4, -0.2) is 23.4 Å². The lowest BCUT2D eigenvalue weighted by atomic mass is 10.1. The van der Waals surface area contributed by atoms with E-state index in [0.717, 1.165) is 30.6 Å². The van der Waals surface area contributed by atoms with E-state index >= 15 is 0 Å². The van der Waals surface area contributed by atoms with Crippen LogP contribution in [0.5, 0.6) is 5.88 Å². The van der Waals surface area contributed by atoms with Crippen molar-refractivity contribution in [3.8, 4) is 5.88 Å². The fourth-order valence-corrected chi connectivity index (χ4v) is 1.70. The van der Waals surface area contributed by atoms with E-state index in [1.54, 1.807) is 14.2 Å². The van der Waals surface area contributed by atoms with Crippen molar-refractivity contribution in [3.63, 3.8) is 0 Å². The van der Waals surface area contributed by atoms with Crippen molar-refractivity contribution in [2.45, 2.75) is 12.8 Å². The van der Waals surface area contributed by atoms with Crippen molar-refractivity contribution in [2.75, 3.05) is 19.0 Å². The largest absolute Gasteiger partial charge is 0.479 e. The molecule has 1 aromatic rings. The van der Waals surface area contributed by atoms with Gasteiger partial charge in [-0.05, 0) is 12.8 Å². The Morgan fingerprint density at radius 3 is 3.07 bits per heavy atom. The summed E-state index contributed by atoms with van der Waals surface area (Å²) in [6.07, 6.45) is 1.78. The summed E-state index contributed by atoms with van der Waals surface area (Å²) >= 11 is 0. The fourth-order valence-electron chi connectivity index (χ4n) is 1.70. The minimum Gasteiger partial charge on any atom is -0.479 e. The van der Waals surface area contributed by atoms with E-state index in [1.807, 2.05) is 0 Å². The van der Waals surface area contributed by atoms with Crippen molar-refractivity contribution in [1.82, 2.24) is 9.78 Å². The average molecular weight is 195 g/mol. The van der Waals surface area contributed by atoms with Crippen molar-refractivity contribution in [2.24, 2.45) is 7.05 Å². The van der Waals surface area contributed by atoms with Crippen LogP contribution in [0.3, 0.4) is 0 Å². The van der Waals surface area contributed by atoms with E-state index in [4.69, 9.17) is 4.74 Å². The highest BCUT2D eigenvalue weighted by Crippen LogP contribution is 2.26. The van der Waals surface area contributed by atoms with E-state index in [2.05, 4.69) is 10.4 Å². The van der Waals surface area contributed by atoms with E-state index in [-0.39, 0.29) is 5.56 Å². The third kappa shape index (κ3) is 1.25. The maximum absolute atomic E-state index is 11.7. The third-order valence-corrected chi connectivity index (χ3v) is 2.41. The van der Waals surface area contributed by atoms with Crippen LogP contribution >= 0.6 is 0 Å². The summed E-state index contributed by atoms with van der Waals surface area (Å²) in [5, 5.41) is 7.17. The molecule has 0 aliphatic carbocycles. The number of methoxy groups -OCH3 is 1. The van der Waals surface area contributed by atoms with Crippen LogP contribution in [0.25, 0.3) is 0 Å². The molecule has 76 valence electrons. The zero-order valence-electron chi connectivity index (χ0n) is 8.33. The summed E-state index contributed by atoms with van der Waals surface area (Å²) in [4.78, 5) is 11.7. The summed E-state index contributed by atoms with van der Waals surface area (Å²) < 4.78 is 6.44. The number of anilines is 1. The van der Waals surface area contributed by atoms with Gasteiger partial charge in [-0.15, -0.1) is 5.10 Å². The van der Waals surface area contributed by atoms with E-state index in [9.17, 15) is 4.79 Å². The van der Waals surface area contributed by atoms with E-state index < -0.39 is 0 Å². The second kappa shape index (κ2) is 3.32. The number of hydrogen-bond acceptors (Lipinski definition) is 4. The standard InChI is InChI=1S/C9H13N3O2/c1-12-9(13)6-4-3-5-10-7(6)8(11-12)14-2/h10H,3-5H2,1-2H3. The first-order valence-corrected chi connectivity index (χ1v) is 4.62. The fraction of sp³-hybridized carbons (Fsp3) is 0.556. The Labute approximate surface area is 81.7 Å². The molecule has 0 saturated heterocycles. The number of aryl methyl sites for hydroxylation is 1. The molecular formula is C9H13N3O2.